The lowest BCUT2D eigenvalue weighted by molar-refractivity contribution is 0.812. The smallest absolute Gasteiger partial charge is 0.251 e. The van der Waals surface area contributed by atoms with Crippen LogP contribution in [0.4, 0.5) is 0 Å². The zero-order valence-electron chi connectivity index (χ0n) is 8.66. The minimum Gasteiger partial charge on any atom is -0.307 e. The third kappa shape index (κ3) is 1.37. The van der Waals surface area contributed by atoms with E-state index >= 15 is 0 Å². The molecule has 4 heteroatoms. The lowest BCUT2D eigenvalue weighted by Crippen LogP contribution is -2.11. The number of aromatic nitrogens is 3. The zero-order chi connectivity index (χ0) is 10.4. The number of nitrogens with zero attached hydrogens (tertiary/aromatic N) is 2. The van der Waals surface area contributed by atoms with E-state index in [1.54, 1.807) is 6.07 Å². The molecule has 1 aliphatic rings. The normalized spacial score (nSPS) is 16.1. The van der Waals surface area contributed by atoms with Gasteiger partial charge in [0.15, 0.2) is 0 Å². The summed E-state index contributed by atoms with van der Waals surface area (Å²) in [5.41, 5.74) is 2.89. The lowest BCUT2D eigenvalue weighted by atomic mass is 10.3. The maximum absolute atomic E-state index is 11.4. The van der Waals surface area contributed by atoms with Crippen LogP contribution >= 0.6 is 0 Å². The Bertz CT molecular complexity index is 563. The van der Waals surface area contributed by atoms with Gasteiger partial charge in [-0.1, -0.05) is 6.92 Å². The molecule has 78 valence electrons. The first kappa shape index (κ1) is 8.71. The lowest BCUT2D eigenvalue weighted by Gasteiger charge is -2.00. The van der Waals surface area contributed by atoms with E-state index in [0.29, 0.717) is 5.92 Å². The summed E-state index contributed by atoms with van der Waals surface area (Å²) in [6, 6.07) is 3.63. The van der Waals surface area contributed by atoms with Gasteiger partial charge >= 0.3 is 0 Å². The second-order valence-electron chi connectivity index (χ2n) is 4.12. The van der Waals surface area contributed by atoms with Gasteiger partial charge in [-0.3, -0.25) is 4.79 Å². The monoisotopic (exact) mass is 203 g/mol. The van der Waals surface area contributed by atoms with Crippen LogP contribution in [0.25, 0.3) is 5.65 Å². The molecule has 0 saturated heterocycles. The van der Waals surface area contributed by atoms with Gasteiger partial charge in [-0.05, 0) is 19.3 Å². The molecule has 1 aliphatic carbocycles. The summed E-state index contributed by atoms with van der Waals surface area (Å²) < 4.78 is 1.89. The minimum absolute atomic E-state index is 0.0213. The zero-order valence-corrected chi connectivity index (χ0v) is 8.66. The molecule has 0 atom stereocenters. The number of nitrogens with one attached hydrogen (secondary N) is 1. The van der Waals surface area contributed by atoms with Crippen molar-refractivity contribution < 1.29 is 0 Å². The van der Waals surface area contributed by atoms with Crippen molar-refractivity contribution in [2.75, 3.05) is 0 Å². The summed E-state index contributed by atoms with van der Waals surface area (Å²) in [4.78, 5) is 14.2. The van der Waals surface area contributed by atoms with Gasteiger partial charge in [0.25, 0.3) is 5.56 Å². The van der Waals surface area contributed by atoms with Crippen molar-refractivity contribution in [1.82, 2.24) is 14.6 Å². The van der Waals surface area contributed by atoms with E-state index < -0.39 is 0 Å². The van der Waals surface area contributed by atoms with Crippen LogP contribution in [-0.4, -0.2) is 14.6 Å². The first-order chi connectivity index (χ1) is 7.28. The molecule has 0 aromatic carbocycles. The Labute approximate surface area is 86.9 Å². The minimum atomic E-state index is -0.0213. The van der Waals surface area contributed by atoms with Crippen LogP contribution in [0.3, 0.4) is 0 Å². The molecule has 0 spiro atoms. The van der Waals surface area contributed by atoms with E-state index in [1.165, 1.54) is 12.8 Å². The molecule has 2 aromatic heterocycles. The fourth-order valence-corrected chi connectivity index (χ4v) is 1.92. The van der Waals surface area contributed by atoms with Gasteiger partial charge < -0.3 is 4.98 Å². The van der Waals surface area contributed by atoms with Gasteiger partial charge in [-0.2, -0.15) is 5.10 Å². The number of H-pyrrole nitrogens is 1. The van der Waals surface area contributed by atoms with Gasteiger partial charge in [0.05, 0.1) is 11.4 Å². The van der Waals surface area contributed by atoms with E-state index in [0.717, 1.165) is 23.5 Å². The van der Waals surface area contributed by atoms with Crippen LogP contribution < -0.4 is 5.56 Å². The van der Waals surface area contributed by atoms with Crippen LogP contribution in [0.5, 0.6) is 0 Å². The van der Waals surface area contributed by atoms with Crippen molar-refractivity contribution in [2.45, 2.75) is 32.1 Å². The van der Waals surface area contributed by atoms with E-state index in [4.69, 9.17) is 0 Å². The SMILES string of the molecule is CCc1cc2[nH]c(=O)cc(C3CC3)n2n1. The molecule has 1 N–H and O–H groups in total. The molecule has 1 fully saturated rings. The highest BCUT2D eigenvalue weighted by Gasteiger charge is 2.27. The summed E-state index contributed by atoms with van der Waals surface area (Å²) in [5.74, 6) is 0.541. The summed E-state index contributed by atoms with van der Waals surface area (Å²) in [5, 5.41) is 4.48. The largest absolute Gasteiger partial charge is 0.307 e. The molecule has 3 rings (SSSR count). The number of fused-ring (bicyclic) bond motifs is 1. The highest BCUT2D eigenvalue weighted by molar-refractivity contribution is 5.41. The summed E-state index contributed by atoms with van der Waals surface area (Å²) in [6.45, 7) is 2.07. The number of hydrogen-bond donors (Lipinski definition) is 1. The predicted octanol–water partition coefficient (Wildman–Crippen LogP) is 1.46. The maximum Gasteiger partial charge on any atom is 0.251 e. The fourth-order valence-electron chi connectivity index (χ4n) is 1.92. The van der Waals surface area contributed by atoms with Crippen LogP contribution in [0.1, 0.15) is 37.1 Å². The van der Waals surface area contributed by atoms with E-state index in [-0.39, 0.29) is 5.56 Å². The number of aryl methyl sites for hydroxylation is 1. The molecule has 0 bridgehead atoms. The van der Waals surface area contributed by atoms with Crippen molar-refractivity contribution >= 4 is 5.65 Å². The van der Waals surface area contributed by atoms with Gasteiger partial charge in [0.2, 0.25) is 0 Å². The number of aromatic amines is 1. The molecule has 0 radical (unpaired) electrons. The number of rotatable bonds is 2. The van der Waals surface area contributed by atoms with Crippen molar-refractivity contribution in [3.63, 3.8) is 0 Å². The van der Waals surface area contributed by atoms with Gasteiger partial charge in [0.1, 0.15) is 5.65 Å². The average molecular weight is 203 g/mol. The maximum atomic E-state index is 11.4. The molecule has 4 nitrogen and oxygen atoms in total. The van der Waals surface area contributed by atoms with Crippen LogP contribution in [0, 0.1) is 0 Å². The Balaban J connectivity index is 2.31. The summed E-state index contributed by atoms with van der Waals surface area (Å²) in [6.07, 6.45) is 3.26. The van der Waals surface area contributed by atoms with Crippen molar-refractivity contribution in [2.24, 2.45) is 0 Å². The van der Waals surface area contributed by atoms with E-state index in [9.17, 15) is 4.79 Å². The molecule has 15 heavy (non-hydrogen) atoms. The van der Waals surface area contributed by atoms with Crippen molar-refractivity contribution in [3.05, 3.63) is 33.9 Å². The van der Waals surface area contributed by atoms with Gasteiger partial charge in [-0.15, -0.1) is 0 Å². The Hall–Kier alpha value is -1.58. The molecule has 2 heterocycles. The topological polar surface area (TPSA) is 50.2 Å². The standard InChI is InChI=1S/C11H13N3O/c1-2-8-5-10-12-11(15)6-9(7-3-4-7)14(10)13-8/h5-7H,2-4H2,1H3,(H,12,15). The second-order valence-corrected chi connectivity index (χ2v) is 4.12. The third-order valence-corrected chi connectivity index (χ3v) is 2.89. The molecule has 2 aromatic rings. The van der Waals surface area contributed by atoms with Crippen molar-refractivity contribution in [1.29, 1.82) is 0 Å². The highest BCUT2D eigenvalue weighted by atomic mass is 16.1. The van der Waals surface area contributed by atoms with E-state index in [2.05, 4.69) is 17.0 Å². The Morgan fingerprint density at radius 2 is 2.33 bits per heavy atom. The first-order valence-corrected chi connectivity index (χ1v) is 5.40. The molecule has 0 aliphatic heterocycles. The molecule has 1 saturated carbocycles. The van der Waals surface area contributed by atoms with Crippen LogP contribution in [-0.2, 0) is 6.42 Å². The van der Waals surface area contributed by atoms with Crippen molar-refractivity contribution in [3.8, 4) is 0 Å². The molecular weight excluding hydrogens is 190 g/mol. The Kier molecular flexibility index (Phi) is 1.71. The fraction of sp³-hybridized carbons (Fsp3) is 0.455. The summed E-state index contributed by atoms with van der Waals surface area (Å²) >= 11 is 0. The molecule has 0 amide bonds. The Morgan fingerprint density at radius 1 is 1.53 bits per heavy atom. The molecule has 0 unspecified atom stereocenters. The average Bonchev–Trinajstić information content (AvgIpc) is 2.97. The quantitative estimate of drug-likeness (QED) is 0.803. The van der Waals surface area contributed by atoms with Crippen LogP contribution in [0.15, 0.2) is 16.9 Å². The molecular formula is C11H13N3O. The van der Waals surface area contributed by atoms with Gasteiger partial charge in [0, 0.05) is 18.1 Å². The highest BCUT2D eigenvalue weighted by Crippen LogP contribution is 2.39. The predicted molar refractivity (Wildman–Crippen MR) is 57.2 cm³/mol. The van der Waals surface area contributed by atoms with Gasteiger partial charge in [-0.25, -0.2) is 4.52 Å². The Morgan fingerprint density at radius 3 is 3.00 bits per heavy atom. The van der Waals surface area contributed by atoms with Crippen LogP contribution in [0.2, 0.25) is 0 Å². The number of hydrogen-bond acceptors (Lipinski definition) is 2. The third-order valence-electron chi connectivity index (χ3n) is 2.89. The second kappa shape index (κ2) is 2.95. The van der Waals surface area contributed by atoms with E-state index in [1.807, 2.05) is 10.6 Å². The first-order valence-electron chi connectivity index (χ1n) is 5.40. The summed E-state index contributed by atoms with van der Waals surface area (Å²) in [7, 11) is 0.